The van der Waals surface area contributed by atoms with Gasteiger partial charge in [0.05, 0.1) is 5.56 Å². The van der Waals surface area contributed by atoms with Gasteiger partial charge < -0.3 is 0 Å². The van der Waals surface area contributed by atoms with Gasteiger partial charge in [-0.1, -0.05) is 0 Å². The first-order chi connectivity index (χ1) is 6.45. The molecule has 0 aliphatic rings. The third kappa shape index (κ3) is 3.41. The van der Waals surface area contributed by atoms with E-state index in [4.69, 9.17) is 5.84 Å². The van der Waals surface area contributed by atoms with Crippen LogP contribution in [0.4, 0.5) is 13.2 Å². The number of nitrogens with two attached hydrogens (primary N) is 1. The van der Waals surface area contributed by atoms with E-state index in [0.29, 0.717) is 0 Å². The molecule has 0 radical (unpaired) electrons. The Morgan fingerprint density at radius 2 is 1.67 bits per heavy atom. The molecule has 0 atom stereocenters. The summed E-state index contributed by atoms with van der Waals surface area (Å²) < 4.78 is 36.2. The second kappa shape index (κ2) is 4.99. The zero-order chi connectivity index (χ0) is 10.8. The first-order valence-electron chi connectivity index (χ1n) is 3.63. The minimum Gasteiger partial charge on any atom is -0.290 e. The van der Waals surface area contributed by atoms with Gasteiger partial charge in [0, 0.05) is 5.56 Å². The largest absolute Gasteiger partial charge is 0.416 e. The summed E-state index contributed by atoms with van der Waals surface area (Å²) in [4.78, 5) is 10.9. The van der Waals surface area contributed by atoms with E-state index in [0.717, 1.165) is 24.3 Å². The third-order valence-electron chi connectivity index (χ3n) is 1.61. The fourth-order valence-corrected chi connectivity index (χ4v) is 0.894. The Bertz CT molecular complexity index is 337. The SMILES string of the molecule is Cl.NNC(=O)c1ccc(C(F)(F)F)cc1. The smallest absolute Gasteiger partial charge is 0.290 e. The van der Waals surface area contributed by atoms with E-state index in [1.165, 1.54) is 0 Å². The average molecular weight is 241 g/mol. The number of halogens is 4. The zero-order valence-corrected chi connectivity index (χ0v) is 8.15. The van der Waals surface area contributed by atoms with Crippen molar-refractivity contribution in [2.75, 3.05) is 0 Å². The number of nitrogen functional groups attached to an aromatic ring is 1. The molecule has 1 aromatic carbocycles. The summed E-state index contributed by atoms with van der Waals surface area (Å²) in [7, 11) is 0. The van der Waals surface area contributed by atoms with E-state index in [2.05, 4.69) is 0 Å². The molecular formula is C8H8ClF3N2O. The quantitative estimate of drug-likeness (QED) is 0.446. The molecule has 15 heavy (non-hydrogen) atoms. The summed E-state index contributed by atoms with van der Waals surface area (Å²) in [6, 6.07) is 3.77. The van der Waals surface area contributed by atoms with Gasteiger partial charge in [0.2, 0.25) is 0 Å². The molecule has 0 aliphatic heterocycles. The number of hydrogen-bond acceptors (Lipinski definition) is 2. The van der Waals surface area contributed by atoms with Crippen molar-refractivity contribution in [2.45, 2.75) is 6.18 Å². The van der Waals surface area contributed by atoms with Gasteiger partial charge in [-0.05, 0) is 24.3 Å². The summed E-state index contributed by atoms with van der Waals surface area (Å²) in [6.45, 7) is 0. The molecule has 0 saturated heterocycles. The van der Waals surface area contributed by atoms with Gasteiger partial charge in [-0.25, -0.2) is 5.84 Å². The second-order valence-electron chi connectivity index (χ2n) is 2.55. The molecule has 84 valence electrons. The molecule has 1 amide bonds. The molecule has 0 bridgehead atoms. The monoisotopic (exact) mass is 240 g/mol. The molecule has 0 aromatic heterocycles. The summed E-state index contributed by atoms with van der Waals surface area (Å²) in [6.07, 6.45) is -4.39. The summed E-state index contributed by atoms with van der Waals surface area (Å²) in [5.74, 6) is 4.18. The van der Waals surface area contributed by atoms with Crippen molar-refractivity contribution < 1.29 is 18.0 Å². The van der Waals surface area contributed by atoms with E-state index in [1.807, 2.05) is 5.43 Å². The number of carbonyl (C=O) groups excluding carboxylic acids is 1. The van der Waals surface area contributed by atoms with Crippen molar-refractivity contribution in [2.24, 2.45) is 5.84 Å². The predicted octanol–water partition coefficient (Wildman–Crippen LogP) is 1.73. The van der Waals surface area contributed by atoms with E-state index in [1.54, 1.807) is 0 Å². The molecule has 3 nitrogen and oxygen atoms in total. The van der Waals surface area contributed by atoms with Crippen LogP contribution in [-0.4, -0.2) is 5.91 Å². The number of amides is 1. The summed E-state index contributed by atoms with van der Waals surface area (Å²) >= 11 is 0. The average Bonchev–Trinajstić information content (AvgIpc) is 2.15. The van der Waals surface area contributed by atoms with Crippen molar-refractivity contribution in [3.05, 3.63) is 35.4 Å². The predicted molar refractivity (Wildman–Crippen MR) is 50.3 cm³/mol. The van der Waals surface area contributed by atoms with Gasteiger partial charge in [-0.15, -0.1) is 12.4 Å². The highest BCUT2D eigenvalue weighted by Gasteiger charge is 2.30. The van der Waals surface area contributed by atoms with Gasteiger partial charge in [-0.2, -0.15) is 13.2 Å². The van der Waals surface area contributed by atoms with Crippen molar-refractivity contribution in [3.8, 4) is 0 Å². The molecule has 0 unspecified atom stereocenters. The summed E-state index contributed by atoms with van der Waals surface area (Å²) in [5.41, 5.74) is 1.10. The van der Waals surface area contributed by atoms with E-state index < -0.39 is 17.6 Å². The van der Waals surface area contributed by atoms with Crippen LogP contribution < -0.4 is 11.3 Å². The molecular weight excluding hydrogens is 233 g/mol. The van der Waals surface area contributed by atoms with Crippen LogP contribution in [0.2, 0.25) is 0 Å². The van der Waals surface area contributed by atoms with Crippen LogP contribution in [0, 0.1) is 0 Å². The Morgan fingerprint density at radius 1 is 1.20 bits per heavy atom. The fourth-order valence-electron chi connectivity index (χ4n) is 0.894. The van der Waals surface area contributed by atoms with Crippen LogP contribution >= 0.6 is 12.4 Å². The van der Waals surface area contributed by atoms with Crippen LogP contribution in [0.1, 0.15) is 15.9 Å². The number of nitrogens with one attached hydrogen (secondary N) is 1. The molecule has 0 aliphatic carbocycles. The lowest BCUT2D eigenvalue weighted by atomic mass is 10.1. The van der Waals surface area contributed by atoms with Crippen LogP contribution in [0.3, 0.4) is 0 Å². The van der Waals surface area contributed by atoms with Gasteiger partial charge in [0.25, 0.3) is 5.91 Å². The zero-order valence-electron chi connectivity index (χ0n) is 7.34. The lowest BCUT2D eigenvalue weighted by Crippen LogP contribution is -2.29. The van der Waals surface area contributed by atoms with E-state index >= 15 is 0 Å². The molecule has 0 spiro atoms. The maximum absolute atomic E-state index is 12.1. The first kappa shape index (κ1) is 13.7. The van der Waals surface area contributed by atoms with Gasteiger partial charge in [-0.3, -0.25) is 10.2 Å². The van der Waals surface area contributed by atoms with Crippen LogP contribution in [0.15, 0.2) is 24.3 Å². The molecule has 0 saturated carbocycles. The van der Waals surface area contributed by atoms with E-state index in [-0.39, 0.29) is 18.0 Å². The molecule has 0 heterocycles. The van der Waals surface area contributed by atoms with Crippen LogP contribution in [0.25, 0.3) is 0 Å². The number of hydrazine groups is 1. The minimum atomic E-state index is -4.39. The fraction of sp³-hybridized carbons (Fsp3) is 0.125. The maximum atomic E-state index is 12.1. The Balaban J connectivity index is 0.00000196. The summed E-state index contributed by atoms with van der Waals surface area (Å²) in [5, 5.41) is 0. The highest BCUT2D eigenvalue weighted by Crippen LogP contribution is 2.28. The van der Waals surface area contributed by atoms with Crippen molar-refractivity contribution >= 4 is 18.3 Å². The Kier molecular flexibility index (Phi) is 4.57. The molecule has 1 rings (SSSR count). The molecule has 7 heteroatoms. The number of rotatable bonds is 1. The first-order valence-corrected chi connectivity index (χ1v) is 3.63. The lowest BCUT2D eigenvalue weighted by Gasteiger charge is -2.06. The van der Waals surface area contributed by atoms with Crippen LogP contribution in [0.5, 0.6) is 0 Å². The lowest BCUT2D eigenvalue weighted by molar-refractivity contribution is -0.137. The molecule has 3 N–H and O–H groups in total. The van der Waals surface area contributed by atoms with Gasteiger partial charge in [0.15, 0.2) is 0 Å². The van der Waals surface area contributed by atoms with Gasteiger partial charge in [0.1, 0.15) is 0 Å². The number of benzene rings is 1. The van der Waals surface area contributed by atoms with Crippen molar-refractivity contribution in [1.29, 1.82) is 0 Å². The topological polar surface area (TPSA) is 55.1 Å². The minimum absolute atomic E-state index is 0. The number of carbonyl (C=O) groups is 1. The maximum Gasteiger partial charge on any atom is 0.416 e. The number of hydrogen-bond donors (Lipinski definition) is 2. The number of alkyl halides is 3. The highest BCUT2D eigenvalue weighted by molar-refractivity contribution is 5.93. The molecule has 0 fully saturated rings. The Morgan fingerprint density at radius 3 is 2.00 bits per heavy atom. The second-order valence-corrected chi connectivity index (χ2v) is 2.55. The molecule has 1 aromatic rings. The van der Waals surface area contributed by atoms with E-state index in [9.17, 15) is 18.0 Å². The third-order valence-corrected chi connectivity index (χ3v) is 1.61. The van der Waals surface area contributed by atoms with Gasteiger partial charge >= 0.3 is 6.18 Å². The highest BCUT2D eigenvalue weighted by atomic mass is 35.5. The van der Waals surface area contributed by atoms with Crippen LogP contribution in [-0.2, 0) is 6.18 Å². The Hall–Kier alpha value is -1.27. The van der Waals surface area contributed by atoms with Crippen molar-refractivity contribution in [3.63, 3.8) is 0 Å². The normalized spacial score (nSPS) is 10.4. The standard InChI is InChI=1S/C8H7F3N2O.ClH/c9-8(10,11)6-3-1-5(2-4-6)7(14)13-12;/h1-4H,12H2,(H,13,14);1H. The Labute approximate surface area is 89.8 Å². The van der Waals surface area contributed by atoms with Crippen molar-refractivity contribution in [1.82, 2.24) is 5.43 Å².